The standard InChI is InChI=1S/C24H22N4O3S/c1-29-20-11-9-19(10-12-20)23-26-27-24(32)28(23)25-15-18-8-13-21(22(14-18)30-2)31-16-17-6-4-3-5-7-17/h3-15H,16H2,1-2H3,(H,27,32)/b25-15+. The number of rotatable bonds is 8. The quantitative estimate of drug-likeness (QED) is 0.302. The third-order valence-corrected chi connectivity index (χ3v) is 5.01. The van der Waals surface area contributed by atoms with Crippen molar-refractivity contribution in [3.05, 3.63) is 88.7 Å². The van der Waals surface area contributed by atoms with Gasteiger partial charge in [-0.05, 0) is 65.8 Å². The Balaban J connectivity index is 1.54. The van der Waals surface area contributed by atoms with Crippen LogP contribution in [0.2, 0.25) is 0 Å². The van der Waals surface area contributed by atoms with E-state index < -0.39 is 0 Å². The number of aromatic amines is 1. The van der Waals surface area contributed by atoms with Gasteiger partial charge in [-0.25, -0.2) is 5.10 Å². The van der Waals surface area contributed by atoms with E-state index in [1.165, 1.54) is 0 Å². The van der Waals surface area contributed by atoms with Crippen LogP contribution in [0.3, 0.4) is 0 Å². The molecule has 0 fully saturated rings. The topological polar surface area (TPSA) is 73.7 Å². The van der Waals surface area contributed by atoms with Gasteiger partial charge in [0, 0.05) is 5.56 Å². The molecular weight excluding hydrogens is 424 g/mol. The molecule has 0 radical (unpaired) electrons. The Morgan fingerprint density at radius 3 is 2.47 bits per heavy atom. The van der Waals surface area contributed by atoms with E-state index in [0.29, 0.717) is 28.7 Å². The van der Waals surface area contributed by atoms with Gasteiger partial charge in [0.05, 0.1) is 20.4 Å². The van der Waals surface area contributed by atoms with Crippen LogP contribution >= 0.6 is 12.2 Å². The molecule has 4 rings (SSSR count). The van der Waals surface area contributed by atoms with Gasteiger partial charge in [-0.1, -0.05) is 30.3 Å². The maximum absolute atomic E-state index is 5.92. The molecule has 4 aromatic rings. The highest BCUT2D eigenvalue weighted by Crippen LogP contribution is 2.28. The number of aromatic nitrogens is 3. The van der Waals surface area contributed by atoms with E-state index in [-0.39, 0.29) is 0 Å². The van der Waals surface area contributed by atoms with Crippen LogP contribution in [0.4, 0.5) is 0 Å². The fraction of sp³-hybridized carbons (Fsp3) is 0.125. The molecule has 0 bridgehead atoms. The normalized spacial score (nSPS) is 10.9. The summed E-state index contributed by atoms with van der Waals surface area (Å²) in [6.45, 7) is 0.458. The summed E-state index contributed by atoms with van der Waals surface area (Å²) in [5.74, 6) is 2.65. The highest BCUT2D eigenvalue weighted by atomic mass is 32.1. The maximum Gasteiger partial charge on any atom is 0.216 e. The fourth-order valence-corrected chi connectivity index (χ4v) is 3.25. The molecule has 0 amide bonds. The van der Waals surface area contributed by atoms with Crippen LogP contribution in [0.5, 0.6) is 17.2 Å². The van der Waals surface area contributed by atoms with Gasteiger partial charge >= 0.3 is 0 Å². The van der Waals surface area contributed by atoms with E-state index in [1.54, 1.807) is 25.1 Å². The average molecular weight is 447 g/mol. The molecular formula is C24H22N4O3S. The van der Waals surface area contributed by atoms with Crippen molar-refractivity contribution in [1.82, 2.24) is 14.9 Å². The third kappa shape index (κ3) is 4.87. The number of ether oxygens (including phenoxy) is 3. The zero-order valence-corrected chi connectivity index (χ0v) is 18.5. The first-order valence-electron chi connectivity index (χ1n) is 9.89. The van der Waals surface area contributed by atoms with Gasteiger partial charge in [0.1, 0.15) is 12.4 Å². The van der Waals surface area contributed by atoms with Crippen molar-refractivity contribution < 1.29 is 14.2 Å². The van der Waals surface area contributed by atoms with E-state index in [2.05, 4.69) is 15.3 Å². The maximum atomic E-state index is 5.92. The molecule has 0 atom stereocenters. The summed E-state index contributed by atoms with van der Waals surface area (Å²) in [5, 5.41) is 11.6. The molecule has 0 aliphatic heterocycles. The van der Waals surface area contributed by atoms with Crippen molar-refractivity contribution in [3.63, 3.8) is 0 Å². The molecule has 0 aliphatic rings. The molecule has 0 unspecified atom stereocenters. The number of H-pyrrole nitrogens is 1. The Hall–Kier alpha value is -3.91. The van der Waals surface area contributed by atoms with Crippen LogP contribution in [0.1, 0.15) is 11.1 Å². The minimum absolute atomic E-state index is 0.391. The van der Waals surface area contributed by atoms with Crippen LogP contribution < -0.4 is 14.2 Å². The molecule has 162 valence electrons. The summed E-state index contributed by atoms with van der Waals surface area (Å²) >= 11 is 5.35. The summed E-state index contributed by atoms with van der Waals surface area (Å²) < 4.78 is 18.6. The number of nitrogens with one attached hydrogen (secondary N) is 1. The van der Waals surface area contributed by atoms with Gasteiger partial charge in [-0.3, -0.25) is 0 Å². The first-order valence-corrected chi connectivity index (χ1v) is 10.3. The molecule has 1 N–H and O–H groups in total. The van der Waals surface area contributed by atoms with Gasteiger partial charge in [0.15, 0.2) is 17.3 Å². The molecule has 0 spiro atoms. The first-order chi connectivity index (χ1) is 15.7. The summed E-state index contributed by atoms with van der Waals surface area (Å²) in [6, 6.07) is 23.1. The van der Waals surface area contributed by atoms with Gasteiger partial charge in [0.2, 0.25) is 4.77 Å². The van der Waals surface area contributed by atoms with E-state index in [4.69, 9.17) is 26.4 Å². The summed E-state index contributed by atoms with van der Waals surface area (Å²) in [4.78, 5) is 0. The minimum atomic E-state index is 0.391. The van der Waals surface area contributed by atoms with Crippen molar-refractivity contribution in [1.29, 1.82) is 0 Å². The third-order valence-electron chi connectivity index (χ3n) is 4.75. The number of hydrogen-bond acceptors (Lipinski definition) is 6. The predicted octanol–water partition coefficient (Wildman–Crippen LogP) is 5.09. The largest absolute Gasteiger partial charge is 0.497 e. The lowest BCUT2D eigenvalue weighted by Crippen LogP contribution is -1.99. The number of hydrogen-bond donors (Lipinski definition) is 1. The number of methoxy groups -OCH3 is 2. The smallest absolute Gasteiger partial charge is 0.216 e. The second-order valence-corrected chi connectivity index (χ2v) is 7.21. The van der Waals surface area contributed by atoms with Crippen molar-refractivity contribution in [2.75, 3.05) is 14.2 Å². The van der Waals surface area contributed by atoms with E-state index >= 15 is 0 Å². The molecule has 1 aromatic heterocycles. The second-order valence-electron chi connectivity index (χ2n) is 6.82. The predicted molar refractivity (Wildman–Crippen MR) is 126 cm³/mol. The monoisotopic (exact) mass is 446 g/mol. The summed E-state index contributed by atoms with van der Waals surface area (Å²) in [5.41, 5.74) is 2.77. The SMILES string of the molecule is COc1ccc(-c2n[nH]c(=S)n2/N=C/c2ccc(OCc3ccccc3)c(OC)c2)cc1. The fourth-order valence-electron chi connectivity index (χ4n) is 3.07. The lowest BCUT2D eigenvalue weighted by molar-refractivity contribution is 0.284. The van der Waals surface area contributed by atoms with Crippen molar-refractivity contribution in [2.45, 2.75) is 6.61 Å². The van der Waals surface area contributed by atoms with E-state index in [9.17, 15) is 0 Å². The van der Waals surface area contributed by atoms with Crippen LogP contribution in [0, 0.1) is 4.77 Å². The Morgan fingerprint density at radius 2 is 1.75 bits per heavy atom. The number of benzene rings is 3. The second kappa shape index (κ2) is 9.93. The lowest BCUT2D eigenvalue weighted by Gasteiger charge is -2.11. The first kappa shape index (κ1) is 21.3. The Kier molecular flexibility index (Phi) is 6.62. The van der Waals surface area contributed by atoms with Crippen LogP contribution in [0.15, 0.2) is 77.9 Å². The lowest BCUT2D eigenvalue weighted by atomic mass is 10.2. The van der Waals surface area contributed by atoms with Gasteiger partial charge in [-0.2, -0.15) is 14.9 Å². The molecule has 8 heteroatoms. The molecule has 3 aromatic carbocycles. The Bertz CT molecular complexity index is 1260. The minimum Gasteiger partial charge on any atom is -0.497 e. The van der Waals surface area contributed by atoms with Crippen molar-refractivity contribution >= 4 is 18.4 Å². The Morgan fingerprint density at radius 1 is 0.969 bits per heavy atom. The van der Waals surface area contributed by atoms with E-state index in [1.807, 2.05) is 72.8 Å². The van der Waals surface area contributed by atoms with Crippen molar-refractivity contribution in [3.8, 4) is 28.6 Å². The van der Waals surface area contributed by atoms with Gasteiger partial charge < -0.3 is 14.2 Å². The Labute approximate surface area is 190 Å². The summed E-state index contributed by atoms with van der Waals surface area (Å²) in [6.07, 6.45) is 1.70. The van der Waals surface area contributed by atoms with Gasteiger partial charge in [-0.15, -0.1) is 0 Å². The molecule has 0 aliphatic carbocycles. The molecule has 7 nitrogen and oxygen atoms in total. The zero-order chi connectivity index (χ0) is 22.3. The molecule has 0 saturated carbocycles. The zero-order valence-electron chi connectivity index (χ0n) is 17.7. The van der Waals surface area contributed by atoms with Crippen molar-refractivity contribution in [2.24, 2.45) is 5.10 Å². The van der Waals surface area contributed by atoms with Crippen LogP contribution in [-0.2, 0) is 6.61 Å². The summed E-state index contributed by atoms with van der Waals surface area (Å²) in [7, 11) is 3.24. The number of nitrogens with zero attached hydrogens (tertiary/aromatic N) is 3. The van der Waals surface area contributed by atoms with Gasteiger partial charge in [0.25, 0.3) is 0 Å². The average Bonchev–Trinajstić information content (AvgIpc) is 3.22. The highest BCUT2D eigenvalue weighted by Gasteiger charge is 2.09. The molecule has 32 heavy (non-hydrogen) atoms. The van der Waals surface area contributed by atoms with Crippen LogP contribution in [0.25, 0.3) is 11.4 Å². The molecule has 0 saturated heterocycles. The highest BCUT2D eigenvalue weighted by molar-refractivity contribution is 7.71. The van der Waals surface area contributed by atoms with E-state index in [0.717, 1.165) is 22.4 Å². The van der Waals surface area contributed by atoms with Crippen LogP contribution in [-0.4, -0.2) is 35.3 Å². The molecule has 1 heterocycles.